The molecule has 0 bridgehead atoms. The smallest absolute Gasteiger partial charge is 0.0219 e. The monoisotopic (exact) mass is 485 g/mol. The number of fused-ring (bicyclic) bond motifs is 1. The molecule has 0 amide bonds. The van der Waals surface area contributed by atoms with E-state index in [1.165, 1.54) is 0 Å². The van der Waals surface area contributed by atoms with E-state index in [0.29, 0.717) is 0 Å². The first-order valence-corrected chi connectivity index (χ1v) is 3.05. The maximum absolute atomic E-state index is 3.95. The zero-order valence-corrected chi connectivity index (χ0v) is 15.8. The van der Waals surface area contributed by atoms with Crippen LogP contribution in [0.15, 0.2) is 30.5 Å². The van der Waals surface area contributed by atoms with Crippen molar-refractivity contribution in [2.75, 3.05) is 0 Å². The Morgan fingerprint density at radius 1 is 1.17 bits per heavy atom. The molecule has 0 spiro atoms. The summed E-state index contributed by atoms with van der Waals surface area (Å²) in [4.78, 5) is 7.72. The van der Waals surface area contributed by atoms with Gasteiger partial charge in [0.1, 0.15) is 0 Å². The van der Waals surface area contributed by atoms with Crippen LogP contribution in [0.4, 0.5) is 0 Å². The van der Waals surface area contributed by atoms with Gasteiger partial charge in [-0.1, -0.05) is 35.8 Å². The van der Waals surface area contributed by atoms with E-state index in [4.69, 9.17) is 0 Å². The van der Waals surface area contributed by atoms with Gasteiger partial charge in [0.2, 0.25) is 0 Å². The summed E-state index contributed by atoms with van der Waals surface area (Å²) in [5.74, 6) is 0. The molecule has 12 heavy (non-hydrogen) atoms. The van der Waals surface area contributed by atoms with E-state index in [1.807, 2.05) is 24.3 Å². The molecular weight excluding hydrogens is 480 g/mol. The summed E-state index contributed by atoms with van der Waals surface area (Å²) in [7, 11) is 0. The fourth-order valence-electron chi connectivity index (χ4n) is 0.880. The summed E-state index contributed by atoms with van der Waals surface area (Å²) in [6.45, 7) is 0. The Labute approximate surface area is 89.9 Å². The molecular formula is C8H5N2RfY-. The summed E-state index contributed by atoms with van der Waals surface area (Å²) >= 11 is 0. The number of hydrogen-bond donors (Lipinski definition) is 0. The molecule has 2 rings (SSSR count). The van der Waals surface area contributed by atoms with Crippen molar-refractivity contribution in [1.29, 1.82) is 0 Å². The van der Waals surface area contributed by atoms with Crippen molar-refractivity contribution >= 4 is 10.9 Å². The Morgan fingerprint density at radius 2 is 1.92 bits per heavy atom. The van der Waals surface area contributed by atoms with Crippen LogP contribution in [0.5, 0.6) is 0 Å². The van der Waals surface area contributed by atoms with Gasteiger partial charge >= 0.3 is 0 Å². The van der Waals surface area contributed by atoms with E-state index in [2.05, 4.69) is 16.3 Å². The predicted octanol–water partition coefficient (Wildman–Crippen LogP) is 1.43. The minimum atomic E-state index is 0. The third-order valence-electron chi connectivity index (χ3n) is 1.37. The van der Waals surface area contributed by atoms with Crippen LogP contribution >= 0.6 is 0 Å². The minimum absolute atomic E-state index is 0. The zero-order valence-electron chi connectivity index (χ0n) is 6.57. The molecule has 0 aliphatic rings. The normalized spacial score (nSPS) is 8.33. The Morgan fingerprint density at radius 3 is 2.67 bits per heavy atom. The zero-order chi connectivity index (χ0) is 6.81. The van der Waals surface area contributed by atoms with E-state index in [-0.39, 0.29) is 32.7 Å². The van der Waals surface area contributed by atoms with Gasteiger partial charge in [-0.25, -0.2) is 0 Å². The van der Waals surface area contributed by atoms with Gasteiger partial charge < -0.3 is 9.97 Å². The molecule has 1 heterocycles. The van der Waals surface area contributed by atoms with Gasteiger partial charge in [-0.3, -0.25) is 0 Å². The van der Waals surface area contributed by atoms with Gasteiger partial charge in [0.15, 0.2) is 0 Å². The molecule has 0 unspecified atom stereocenters. The maximum Gasteiger partial charge on any atom is 0.0219 e. The summed E-state index contributed by atoms with van der Waals surface area (Å²) in [5, 5.41) is 1.06. The second-order valence-corrected chi connectivity index (χ2v) is 2.03. The number of benzene rings is 1. The second kappa shape index (κ2) is 4.52. The quantitative estimate of drug-likeness (QED) is 0.529. The first-order valence-electron chi connectivity index (χ1n) is 3.05. The van der Waals surface area contributed by atoms with Crippen molar-refractivity contribution in [3.63, 3.8) is 0 Å². The van der Waals surface area contributed by atoms with Crippen molar-refractivity contribution in [3.05, 3.63) is 36.8 Å². The molecule has 0 atom stereocenters. The summed E-state index contributed by atoms with van der Waals surface area (Å²) in [6.07, 6.45) is 4.29. The van der Waals surface area contributed by atoms with Gasteiger partial charge in [0, 0.05) is 39.0 Å². The Hall–Kier alpha value is -1.34. The van der Waals surface area contributed by atoms with Crippen LogP contribution in [0.2, 0.25) is 0 Å². The molecule has 0 N–H and O–H groups in total. The third-order valence-corrected chi connectivity index (χ3v) is 1.37. The van der Waals surface area contributed by atoms with E-state index in [0.717, 1.165) is 10.9 Å². The minimum Gasteiger partial charge on any atom is -0.374 e. The topological polar surface area (TPSA) is 25.8 Å². The maximum atomic E-state index is 3.95. The average Bonchev–Trinajstić information content (AvgIpc) is 2.05. The van der Waals surface area contributed by atoms with Crippen LogP contribution in [0.25, 0.3) is 10.9 Å². The summed E-state index contributed by atoms with van der Waals surface area (Å²) in [6, 6.07) is 7.82. The van der Waals surface area contributed by atoms with E-state index in [1.54, 1.807) is 6.20 Å². The first kappa shape index (κ1) is 10.7. The molecule has 0 aliphatic heterocycles. The molecule has 0 aliphatic carbocycles. The van der Waals surface area contributed by atoms with Crippen molar-refractivity contribution in [2.45, 2.75) is 0 Å². The van der Waals surface area contributed by atoms with Gasteiger partial charge in [0.05, 0.1) is 0 Å². The molecule has 0 fully saturated rings. The molecule has 2 aromatic rings. The molecule has 1 aromatic heterocycles. The number of rotatable bonds is 0. The van der Waals surface area contributed by atoms with Gasteiger partial charge in [-0.15, -0.1) is 0 Å². The van der Waals surface area contributed by atoms with Crippen molar-refractivity contribution in [1.82, 2.24) is 9.97 Å². The Balaban J connectivity index is 0.000000605. The molecule has 53 valence electrons. The fourth-order valence-corrected chi connectivity index (χ4v) is 0.880. The first-order chi connectivity index (χ1) is 4.97. The molecule has 0 saturated heterocycles. The summed E-state index contributed by atoms with van der Waals surface area (Å²) in [5.41, 5.74) is 0.942. The number of hydrogen-bond acceptors (Lipinski definition) is 2. The van der Waals surface area contributed by atoms with E-state index >= 15 is 0 Å². The summed E-state index contributed by atoms with van der Waals surface area (Å²) < 4.78 is 0. The molecule has 1 radical (unpaired) electrons. The van der Waals surface area contributed by atoms with Crippen LogP contribution in [-0.4, -0.2) is 9.97 Å². The molecule has 0 saturated carbocycles. The van der Waals surface area contributed by atoms with Gasteiger partial charge in [-0.05, 0) is 5.52 Å². The standard InChI is InChI=1S/C8H5N2.Rf.Y/c1-2-4-8-7(3-1)5-9-6-10-8;;/h1-5H;;/q-1;;. The van der Waals surface area contributed by atoms with Crippen LogP contribution in [0.3, 0.4) is 0 Å². The fraction of sp³-hybridized carbons (Fsp3) is 0. The van der Waals surface area contributed by atoms with Crippen LogP contribution < -0.4 is 0 Å². The van der Waals surface area contributed by atoms with Crippen molar-refractivity contribution in [2.24, 2.45) is 0 Å². The predicted molar refractivity (Wildman–Crippen MR) is 38.4 cm³/mol. The van der Waals surface area contributed by atoms with Gasteiger partial charge in [-0.2, -0.15) is 0 Å². The van der Waals surface area contributed by atoms with E-state index < -0.39 is 0 Å². The average molecular weight is 485 g/mol. The van der Waals surface area contributed by atoms with Crippen molar-refractivity contribution < 1.29 is 32.7 Å². The van der Waals surface area contributed by atoms with Crippen LogP contribution in [-0.2, 0) is 32.7 Å². The Kier molecular flexibility index (Phi) is 4.02. The largest absolute Gasteiger partial charge is 0.374 e. The molecule has 4 heteroatoms. The SMILES string of the molecule is [Rf].[Y].[c-]1ncc2ccccc2n1. The van der Waals surface area contributed by atoms with Crippen LogP contribution in [0, 0.1) is 6.33 Å². The third kappa shape index (κ3) is 1.83. The molecule has 1 aromatic carbocycles. The number of aromatic nitrogens is 2. The number of nitrogens with zero attached hydrogens (tertiary/aromatic N) is 2. The van der Waals surface area contributed by atoms with Crippen LogP contribution in [0.1, 0.15) is 0 Å². The van der Waals surface area contributed by atoms with Gasteiger partial charge in [0.25, 0.3) is 0 Å². The van der Waals surface area contributed by atoms with E-state index in [9.17, 15) is 0 Å². The number of para-hydroxylation sites is 1. The second-order valence-electron chi connectivity index (χ2n) is 2.03. The molecule has 2 nitrogen and oxygen atoms in total. The Bertz CT molecular complexity index is 288. The van der Waals surface area contributed by atoms with Crippen molar-refractivity contribution in [3.8, 4) is 0 Å².